The van der Waals surface area contributed by atoms with E-state index in [1.54, 1.807) is 48.0 Å². The minimum absolute atomic E-state index is 0.00706. The van der Waals surface area contributed by atoms with Crippen molar-refractivity contribution in [3.8, 4) is 11.4 Å². The Kier molecular flexibility index (Phi) is 41.9. The average Bonchev–Trinajstić information content (AvgIpc) is 1.60. The third-order valence-electron chi connectivity index (χ3n) is 25.2. The monoisotopic (exact) mass is 1750 g/mol. The maximum Gasteiger partial charge on any atom is 0.329 e. The molecule has 0 unspecified atom stereocenters. The van der Waals surface area contributed by atoms with E-state index in [9.17, 15) is 48.6 Å². The van der Waals surface area contributed by atoms with Gasteiger partial charge in [0.1, 0.15) is 65.4 Å². The van der Waals surface area contributed by atoms with Crippen molar-refractivity contribution in [1.29, 1.82) is 0 Å². The number of methoxy groups -OCH3 is 3. The molecule has 1 aromatic carbocycles. The van der Waals surface area contributed by atoms with Crippen molar-refractivity contribution in [2.24, 2.45) is 41.4 Å². The van der Waals surface area contributed by atoms with Gasteiger partial charge in [-0.2, -0.15) is 5.10 Å². The number of imidazole rings is 1. The number of Topliss-reactive ketones (excluding diaryl/α,β-unsaturated/α-hetero) is 4. The number of rotatable bonds is 39. The van der Waals surface area contributed by atoms with Crippen LogP contribution in [0.3, 0.4) is 0 Å². The molecule has 2 aliphatic carbocycles. The van der Waals surface area contributed by atoms with Crippen LogP contribution in [-0.2, 0) is 99.9 Å². The van der Waals surface area contributed by atoms with Gasteiger partial charge in [-0.05, 0) is 164 Å². The molecule has 125 heavy (non-hydrogen) atoms. The van der Waals surface area contributed by atoms with E-state index in [-0.39, 0.29) is 98.2 Å². The Bertz CT molecular complexity index is 4230. The summed E-state index contributed by atoms with van der Waals surface area (Å²) in [6.45, 7) is 20.0. The Morgan fingerprint density at radius 1 is 0.720 bits per heavy atom. The van der Waals surface area contributed by atoms with Gasteiger partial charge in [0.25, 0.3) is 11.7 Å². The van der Waals surface area contributed by atoms with Crippen LogP contribution in [0.1, 0.15) is 201 Å². The largest absolute Gasteiger partial charge is 0.460 e. The summed E-state index contributed by atoms with van der Waals surface area (Å²) in [6, 6.07) is 7.06. The molecular weight excluding hydrogens is 1610 g/mol. The van der Waals surface area contributed by atoms with E-state index in [1.165, 1.54) is 18.3 Å². The van der Waals surface area contributed by atoms with Crippen molar-refractivity contribution in [3.05, 3.63) is 89.6 Å². The molecule has 694 valence electrons. The number of para-hydroxylation sites is 1. The van der Waals surface area contributed by atoms with Crippen LogP contribution in [0.5, 0.6) is 0 Å². The van der Waals surface area contributed by atoms with Gasteiger partial charge in [-0.25, -0.2) is 19.3 Å². The van der Waals surface area contributed by atoms with Gasteiger partial charge < -0.3 is 92.7 Å². The molecule has 0 radical (unpaired) electrons. The molecule has 6 heterocycles. The smallest absolute Gasteiger partial charge is 0.329 e. The average molecular weight is 1750 g/mol. The second kappa shape index (κ2) is 51.9. The summed E-state index contributed by atoms with van der Waals surface area (Å²) in [5, 5.41) is 32.3. The van der Waals surface area contributed by atoms with Gasteiger partial charge in [-0.3, -0.25) is 33.6 Å². The first-order valence-corrected chi connectivity index (χ1v) is 45.3. The molecule has 31 heteroatoms. The molecule has 0 spiro atoms. The molecule has 9 rings (SSSR count). The number of nitrogens with zero attached hydrogens (tertiary/aromatic N) is 5. The van der Waals surface area contributed by atoms with Crippen LogP contribution in [0.25, 0.3) is 27.8 Å². The summed E-state index contributed by atoms with van der Waals surface area (Å²) < 4.78 is 77.4. The number of aromatic amines is 1. The number of H-pyrrole nitrogens is 1. The highest BCUT2D eigenvalue weighted by molar-refractivity contribution is 6.39. The van der Waals surface area contributed by atoms with Gasteiger partial charge in [0.15, 0.2) is 11.6 Å². The number of ether oxygens (including phenoxy) is 13. The maximum absolute atomic E-state index is 14.8. The van der Waals surface area contributed by atoms with Crippen LogP contribution >= 0.6 is 0 Å². The molecule has 3 aromatic heterocycles. The number of carbonyl (C=O) groups excluding carboxylic acids is 8. The second-order valence-corrected chi connectivity index (χ2v) is 34.6. The quantitative estimate of drug-likeness (QED) is 0.0120. The summed E-state index contributed by atoms with van der Waals surface area (Å²) in [5.41, 5.74) is 12.1. The number of fused-ring (bicyclic) bond motifs is 5. The minimum atomic E-state index is -2.48. The number of esters is 2. The lowest BCUT2D eigenvalue weighted by molar-refractivity contribution is -0.265. The lowest BCUT2D eigenvalue weighted by Gasteiger charge is -2.42. The molecule has 2 saturated carbocycles. The number of benzene rings is 1. The lowest BCUT2D eigenvalue weighted by Crippen LogP contribution is -2.61. The summed E-state index contributed by atoms with van der Waals surface area (Å²) in [6.07, 6.45) is 16.8. The lowest BCUT2D eigenvalue weighted by atomic mass is 9.78. The number of hydrogen-bond donors (Lipinski definition) is 5. The highest BCUT2D eigenvalue weighted by Gasteiger charge is 2.53. The number of ketones is 4. The topological polar surface area (TPSA) is 397 Å². The Hall–Kier alpha value is -7.89. The van der Waals surface area contributed by atoms with Crippen molar-refractivity contribution in [3.63, 3.8) is 0 Å². The zero-order valence-electron chi connectivity index (χ0n) is 75.5. The standard InChI is InChI=1S/C94H140N8O23/c1-60-20-13-12-14-21-61(2)78(113-9)57-72-33-27-67(8)94(112,125-72)89(109)92(110)101-37-16-15-24-74(101)93(111)124-79(58-76(104)63(4)53-66(7)87(108)88(115-11)86(107)65(6)52-60)64(5)54-68-28-34-77(80(55-68)114-10)123-82(106)26-19-39-117-43-46-120-48-50-122-51-49-121-47-44-118-40-35-81(105)96-36-41-119-45-42-116-38-18-25-75(103)69-29-31-70(32-30-69)91-100-84(85-90(95)97-59-98-102(85)91)73-56-71-23-17-22-62(3)83(71)99-73/h12-14,17,20-23,53,56,59-60,63-65,67-70,72,74,77-80,87-88,99,108,112H,15-16,18-19,24-52,54-55,57-58H2,1-11H3,(H,96,105)(H2,95,97,98)/b14-12+,20-13+,61-21+,66-53+/t60-,63-,64-,65-,67-,68+,69?,70?,72+,74+,77-,78+,79+,80-,87-,88+,94-/m1/s1. The van der Waals surface area contributed by atoms with E-state index in [0.29, 0.717) is 186 Å². The summed E-state index contributed by atoms with van der Waals surface area (Å²) in [4.78, 5) is 125. The Balaban J connectivity index is 0.597. The Labute approximate surface area is 736 Å². The molecule has 4 fully saturated rings. The fourth-order valence-electron chi connectivity index (χ4n) is 17.7. The number of cyclic esters (lactones) is 1. The number of aromatic nitrogens is 5. The van der Waals surface area contributed by atoms with Gasteiger partial charge in [-0.1, -0.05) is 89.3 Å². The van der Waals surface area contributed by atoms with Crippen LogP contribution < -0.4 is 11.1 Å². The molecule has 31 nitrogen and oxygen atoms in total. The van der Waals surface area contributed by atoms with Gasteiger partial charge in [-0.15, -0.1) is 0 Å². The predicted octanol–water partition coefficient (Wildman–Crippen LogP) is 10.9. The van der Waals surface area contributed by atoms with Gasteiger partial charge in [0.2, 0.25) is 11.7 Å². The van der Waals surface area contributed by atoms with Crippen molar-refractivity contribution in [2.75, 3.05) is 133 Å². The van der Waals surface area contributed by atoms with E-state index in [0.717, 1.165) is 64.9 Å². The Morgan fingerprint density at radius 2 is 1.39 bits per heavy atom. The zero-order chi connectivity index (χ0) is 90.0. The number of nitrogens with two attached hydrogens (primary N) is 1. The van der Waals surface area contributed by atoms with E-state index in [2.05, 4.69) is 45.5 Å². The number of aliphatic hydroxyl groups is 2. The predicted molar refractivity (Wildman–Crippen MR) is 468 cm³/mol. The molecule has 6 N–H and O–H groups in total. The van der Waals surface area contributed by atoms with Gasteiger partial charge in [0, 0.05) is 120 Å². The molecule has 2 saturated heterocycles. The minimum Gasteiger partial charge on any atom is -0.460 e. The molecule has 2 amide bonds. The highest BCUT2D eigenvalue weighted by Crippen LogP contribution is 2.42. The van der Waals surface area contributed by atoms with Crippen molar-refractivity contribution in [1.82, 2.24) is 34.8 Å². The number of amides is 2. The first-order chi connectivity index (χ1) is 60.2. The first kappa shape index (κ1) is 101. The number of hydrogen-bond acceptors (Lipinski definition) is 27. The zero-order valence-corrected chi connectivity index (χ0v) is 75.5. The summed E-state index contributed by atoms with van der Waals surface area (Å²) >= 11 is 0. The van der Waals surface area contributed by atoms with E-state index in [4.69, 9.17) is 72.3 Å². The summed E-state index contributed by atoms with van der Waals surface area (Å²) in [5.74, 6) is -7.51. The van der Waals surface area contributed by atoms with Crippen molar-refractivity contribution >= 4 is 69.1 Å². The third-order valence-corrected chi connectivity index (χ3v) is 25.2. The molecule has 3 aliphatic heterocycles. The number of piperidine rings is 1. The molecule has 4 aromatic rings. The van der Waals surface area contributed by atoms with Gasteiger partial charge >= 0.3 is 11.9 Å². The van der Waals surface area contributed by atoms with Crippen LogP contribution in [0.2, 0.25) is 0 Å². The van der Waals surface area contributed by atoms with Crippen LogP contribution in [-0.4, -0.2) is 268 Å². The molecule has 5 aliphatic rings. The van der Waals surface area contributed by atoms with E-state index in [1.807, 2.05) is 61.7 Å². The van der Waals surface area contributed by atoms with E-state index < -0.39 is 95.9 Å². The SMILES string of the molecule is CO[C@H]1C[C@@H]2CC[C@@H](C)[C@@](O)(O2)C(=O)C(=O)N2CCCC[C@H]2C(=O)O[C@H]([C@H](C)C[C@@H]2CC[C@@H](OC(=O)CCCOCCOCCOCCOCCOCCC(=O)NCCOCCOCCCC(=O)C3CCC(c4nc(-c5cc6cccc(C)c6[nH]5)c5c(N)ncnn45)CC3)[C@H](OC)C2)CC(=O)[C@H](C)/C=C(\C)[C@@H](O)[C@@H](OC)C(=O)[C@H](C)C[C@H](C)/C=C/C=C/C=C/1C. The molecule has 15 atom stereocenters. The number of aliphatic hydroxyl groups excluding tert-OH is 1. The number of aryl methyl sites for hydroxylation is 1. The molecular formula is C94H140N8O23. The van der Waals surface area contributed by atoms with Crippen molar-refractivity contribution < 1.29 is 110 Å². The van der Waals surface area contributed by atoms with E-state index >= 15 is 0 Å². The Morgan fingerprint density at radius 3 is 2.06 bits per heavy atom. The number of anilines is 1. The van der Waals surface area contributed by atoms with Crippen LogP contribution in [0.4, 0.5) is 5.82 Å². The van der Waals surface area contributed by atoms with Crippen LogP contribution in [0, 0.1) is 48.3 Å². The number of nitrogens with one attached hydrogen (secondary N) is 2. The summed E-state index contributed by atoms with van der Waals surface area (Å²) in [7, 11) is 4.51. The van der Waals surface area contributed by atoms with Crippen molar-refractivity contribution in [2.45, 2.75) is 251 Å². The number of allylic oxidation sites excluding steroid dienone is 6. The first-order valence-electron chi connectivity index (χ1n) is 45.3. The maximum atomic E-state index is 14.8. The highest BCUT2D eigenvalue weighted by atomic mass is 16.6. The fraction of sp³-hybridized carbons (Fsp3) is 0.691. The number of nitrogen functional groups attached to an aromatic ring is 1. The number of carbonyl (C=O) groups is 8. The third kappa shape index (κ3) is 30.1. The van der Waals surface area contributed by atoms with Crippen LogP contribution in [0.15, 0.2) is 78.2 Å². The second-order valence-electron chi connectivity index (χ2n) is 34.6. The normalized spacial score (nSPS) is 28.6. The fourth-order valence-corrected chi connectivity index (χ4v) is 17.7. The molecule has 2 bridgehead atoms. The van der Waals surface area contributed by atoms with Gasteiger partial charge in [0.05, 0.1) is 103 Å².